The van der Waals surface area contributed by atoms with Crippen molar-refractivity contribution in [3.8, 4) is 0 Å². The van der Waals surface area contributed by atoms with Gasteiger partial charge in [0.25, 0.3) is 0 Å². The minimum atomic E-state index is -0.795. The van der Waals surface area contributed by atoms with Crippen LogP contribution in [0.5, 0.6) is 0 Å². The minimum Gasteiger partial charge on any atom is -0.385 e. The molecular formula is C25H33NO. The van der Waals surface area contributed by atoms with Gasteiger partial charge in [0.1, 0.15) is 0 Å². The minimum absolute atomic E-state index is 0.246. The molecule has 2 aromatic carbocycles. The second-order valence-corrected chi connectivity index (χ2v) is 8.46. The molecule has 0 saturated heterocycles. The lowest BCUT2D eigenvalue weighted by atomic mass is 9.68. The van der Waals surface area contributed by atoms with E-state index < -0.39 is 5.60 Å². The Bertz CT molecular complexity index is 793. The van der Waals surface area contributed by atoms with E-state index in [0.717, 1.165) is 25.8 Å². The van der Waals surface area contributed by atoms with E-state index in [1.807, 2.05) is 6.07 Å². The van der Waals surface area contributed by atoms with E-state index in [1.165, 1.54) is 27.8 Å². The Morgan fingerprint density at radius 3 is 2.56 bits per heavy atom. The van der Waals surface area contributed by atoms with E-state index in [0.29, 0.717) is 6.42 Å². The zero-order valence-corrected chi connectivity index (χ0v) is 17.2. The van der Waals surface area contributed by atoms with Crippen LogP contribution >= 0.6 is 0 Å². The maximum absolute atomic E-state index is 12.1. The number of nitrogens with zero attached hydrogens (tertiary/aromatic N) is 1. The van der Waals surface area contributed by atoms with E-state index in [4.69, 9.17) is 0 Å². The Labute approximate surface area is 164 Å². The van der Waals surface area contributed by atoms with Crippen LogP contribution in [0.15, 0.2) is 54.1 Å². The van der Waals surface area contributed by atoms with Crippen molar-refractivity contribution in [2.24, 2.45) is 5.92 Å². The molecule has 3 rings (SSSR count). The first-order chi connectivity index (χ1) is 12.9. The number of aliphatic hydroxyl groups is 1. The van der Waals surface area contributed by atoms with Crippen molar-refractivity contribution in [3.63, 3.8) is 0 Å². The van der Waals surface area contributed by atoms with E-state index >= 15 is 0 Å². The largest absolute Gasteiger partial charge is 0.385 e. The van der Waals surface area contributed by atoms with Gasteiger partial charge in [0.15, 0.2) is 0 Å². The van der Waals surface area contributed by atoms with Crippen LogP contribution in [0.4, 0.5) is 0 Å². The number of rotatable bonds is 5. The summed E-state index contributed by atoms with van der Waals surface area (Å²) in [6.45, 7) is 5.20. The van der Waals surface area contributed by atoms with Crippen molar-refractivity contribution in [1.29, 1.82) is 0 Å². The number of hydrogen-bond acceptors (Lipinski definition) is 2. The third-order valence-electron chi connectivity index (χ3n) is 5.92. The Hall–Kier alpha value is -1.90. The molecule has 2 nitrogen and oxygen atoms in total. The van der Waals surface area contributed by atoms with Crippen LogP contribution in [-0.2, 0) is 6.42 Å². The van der Waals surface area contributed by atoms with E-state index in [-0.39, 0.29) is 5.92 Å². The van der Waals surface area contributed by atoms with Crippen LogP contribution in [0.25, 0.3) is 6.08 Å². The molecule has 2 heteroatoms. The third-order valence-corrected chi connectivity index (χ3v) is 5.92. The molecule has 2 unspecified atom stereocenters. The first-order valence-electron chi connectivity index (χ1n) is 10.1. The maximum Gasteiger partial charge on any atom is 0.0940 e. The Morgan fingerprint density at radius 1 is 1.11 bits per heavy atom. The third kappa shape index (κ3) is 4.69. The molecule has 2 atom stereocenters. The van der Waals surface area contributed by atoms with Gasteiger partial charge in [0.2, 0.25) is 0 Å². The Balaban J connectivity index is 2.03. The van der Waals surface area contributed by atoms with Gasteiger partial charge in [-0.1, -0.05) is 60.2 Å². The fourth-order valence-corrected chi connectivity index (χ4v) is 4.43. The summed E-state index contributed by atoms with van der Waals surface area (Å²) in [5, 5.41) is 12.1. The maximum atomic E-state index is 12.1. The van der Waals surface area contributed by atoms with Gasteiger partial charge in [-0.3, -0.25) is 0 Å². The van der Waals surface area contributed by atoms with Crippen molar-refractivity contribution < 1.29 is 5.11 Å². The SMILES string of the molecule is Cc1ccc(C)c(CC2(O)C(=Cc3ccccc3)CCCC2CN(C)C)c1. The number of benzene rings is 2. The van der Waals surface area contributed by atoms with Gasteiger partial charge < -0.3 is 10.0 Å². The summed E-state index contributed by atoms with van der Waals surface area (Å²) in [7, 11) is 4.21. The van der Waals surface area contributed by atoms with Crippen LogP contribution in [0.2, 0.25) is 0 Å². The second kappa shape index (κ2) is 8.41. The zero-order chi connectivity index (χ0) is 19.4. The zero-order valence-electron chi connectivity index (χ0n) is 17.2. The van der Waals surface area contributed by atoms with Crippen molar-refractivity contribution in [1.82, 2.24) is 4.90 Å². The topological polar surface area (TPSA) is 23.5 Å². The van der Waals surface area contributed by atoms with Gasteiger partial charge in [0.05, 0.1) is 5.60 Å². The van der Waals surface area contributed by atoms with Crippen LogP contribution in [0, 0.1) is 19.8 Å². The predicted molar refractivity (Wildman–Crippen MR) is 115 cm³/mol. The van der Waals surface area contributed by atoms with Crippen LogP contribution in [-0.4, -0.2) is 36.2 Å². The normalized spacial score (nSPS) is 24.5. The fraction of sp³-hybridized carbons (Fsp3) is 0.440. The molecule has 27 heavy (non-hydrogen) atoms. The highest BCUT2D eigenvalue weighted by Crippen LogP contribution is 2.42. The Morgan fingerprint density at radius 2 is 1.85 bits per heavy atom. The Kier molecular flexibility index (Phi) is 6.18. The molecule has 1 aliphatic carbocycles. The standard InChI is InChI=1S/C25H33NO/c1-19-13-14-20(2)22(15-19)17-25(27)23(16-21-9-6-5-7-10-21)11-8-12-24(25)18-26(3)4/h5-7,9-10,13-16,24,27H,8,11-12,17-18H2,1-4H3. The molecule has 0 radical (unpaired) electrons. The van der Waals surface area contributed by atoms with Crippen LogP contribution in [0.1, 0.15) is 41.5 Å². The van der Waals surface area contributed by atoms with Crippen molar-refractivity contribution in [2.45, 2.75) is 45.1 Å². The molecule has 1 fully saturated rings. The molecule has 1 aliphatic rings. The molecule has 1 N–H and O–H groups in total. The molecule has 0 amide bonds. The summed E-state index contributed by atoms with van der Waals surface area (Å²) in [6, 6.07) is 17.0. The monoisotopic (exact) mass is 363 g/mol. The predicted octanol–water partition coefficient (Wildman–Crippen LogP) is 5.02. The summed E-state index contributed by atoms with van der Waals surface area (Å²) in [6.07, 6.45) is 6.11. The first kappa shape index (κ1) is 19.9. The average Bonchev–Trinajstić information content (AvgIpc) is 2.62. The molecule has 2 aromatic rings. The van der Waals surface area contributed by atoms with Gasteiger partial charge in [-0.2, -0.15) is 0 Å². The molecule has 0 spiro atoms. The van der Waals surface area contributed by atoms with Gasteiger partial charge in [0, 0.05) is 18.9 Å². The lowest BCUT2D eigenvalue weighted by molar-refractivity contribution is -0.0124. The summed E-state index contributed by atoms with van der Waals surface area (Å²) in [4.78, 5) is 2.21. The smallest absolute Gasteiger partial charge is 0.0940 e. The van der Waals surface area contributed by atoms with E-state index in [2.05, 4.69) is 81.4 Å². The summed E-state index contributed by atoms with van der Waals surface area (Å²) in [5.41, 5.74) is 5.36. The average molecular weight is 364 g/mol. The number of hydrogen-bond donors (Lipinski definition) is 1. The summed E-state index contributed by atoms with van der Waals surface area (Å²) >= 11 is 0. The van der Waals surface area contributed by atoms with Gasteiger partial charge in [-0.25, -0.2) is 0 Å². The quantitative estimate of drug-likeness (QED) is 0.806. The van der Waals surface area contributed by atoms with Gasteiger partial charge >= 0.3 is 0 Å². The molecule has 0 aliphatic heterocycles. The van der Waals surface area contributed by atoms with E-state index in [1.54, 1.807) is 0 Å². The van der Waals surface area contributed by atoms with Gasteiger partial charge in [-0.05, 0) is 69.5 Å². The van der Waals surface area contributed by atoms with Crippen LogP contribution < -0.4 is 0 Å². The van der Waals surface area contributed by atoms with Gasteiger partial charge in [-0.15, -0.1) is 0 Å². The lowest BCUT2D eigenvalue weighted by Crippen LogP contribution is -2.48. The molecular weight excluding hydrogens is 330 g/mol. The number of aryl methyl sites for hydroxylation is 2. The fourth-order valence-electron chi connectivity index (χ4n) is 4.43. The molecule has 0 heterocycles. The molecule has 0 aromatic heterocycles. The summed E-state index contributed by atoms with van der Waals surface area (Å²) < 4.78 is 0. The first-order valence-corrected chi connectivity index (χ1v) is 10.1. The highest BCUT2D eigenvalue weighted by Gasteiger charge is 2.42. The highest BCUT2D eigenvalue weighted by molar-refractivity contribution is 5.56. The highest BCUT2D eigenvalue weighted by atomic mass is 16.3. The molecule has 1 saturated carbocycles. The van der Waals surface area contributed by atoms with Crippen molar-refractivity contribution in [3.05, 3.63) is 76.4 Å². The van der Waals surface area contributed by atoms with Crippen molar-refractivity contribution in [2.75, 3.05) is 20.6 Å². The van der Waals surface area contributed by atoms with Crippen LogP contribution in [0.3, 0.4) is 0 Å². The lowest BCUT2D eigenvalue weighted by Gasteiger charge is -2.44. The van der Waals surface area contributed by atoms with E-state index in [9.17, 15) is 5.11 Å². The summed E-state index contributed by atoms with van der Waals surface area (Å²) in [5.74, 6) is 0.246. The molecule has 0 bridgehead atoms. The molecule has 144 valence electrons. The second-order valence-electron chi connectivity index (χ2n) is 8.46. The van der Waals surface area contributed by atoms with Crippen molar-refractivity contribution >= 4 is 6.08 Å².